The molecule has 1 fully saturated rings. The Morgan fingerprint density at radius 2 is 2.04 bits per heavy atom. The molecule has 1 aromatic rings. The molecule has 7 heteroatoms. The van der Waals surface area contributed by atoms with Crippen LogP contribution in [0.5, 0.6) is 11.5 Å². The van der Waals surface area contributed by atoms with E-state index in [1.165, 1.54) is 11.8 Å². The van der Waals surface area contributed by atoms with E-state index in [0.29, 0.717) is 33.2 Å². The van der Waals surface area contributed by atoms with Gasteiger partial charge in [-0.15, -0.1) is 0 Å². The Bertz CT molecular complexity index is 674. The van der Waals surface area contributed by atoms with E-state index in [1.54, 1.807) is 19.1 Å². The first-order valence-corrected chi connectivity index (χ1v) is 9.06. The monoisotopic (exact) mass is 415 g/mol. The summed E-state index contributed by atoms with van der Waals surface area (Å²) in [6.45, 7) is 4.76. The van der Waals surface area contributed by atoms with Gasteiger partial charge in [-0.2, -0.15) is 0 Å². The summed E-state index contributed by atoms with van der Waals surface area (Å²) in [4.78, 5) is 14.8. The Kier molecular flexibility index (Phi) is 6.11. The zero-order valence-electron chi connectivity index (χ0n) is 13.4. The van der Waals surface area contributed by atoms with E-state index in [9.17, 15) is 4.79 Å². The number of halogens is 1. The van der Waals surface area contributed by atoms with Crippen molar-refractivity contribution in [2.75, 3.05) is 20.8 Å². The van der Waals surface area contributed by atoms with Crippen molar-refractivity contribution >= 4 is 56.2 Å². The molecule has 4 nitrogen and oxygen atoms in total. The molecular weight excluding hydrogens is 398 g/mol. The molecule has 0 bridgehead atoms. The number of thioether (sulfide) groups is 1. The van der Waals surface area contributed by atoms with Gasteiger partial charge in [-0.3, -0.25) is 9.69 Å². The fraction of sp³-hybridized carbons (Fsp3) is 0.375. The van der Waals surface area contributed by atoms with Crippen molar-refractivity contribution in [2.45, 2.75) is 13.8 Å². The van der Waals surface area contributed by atoms with Gasteiger partial charge in [0.25, 0.3) is 5.91 Å². The lowest BCUT2D eigenvalue weighted by molar-refractivity contribution is -0.122. The van der Waals surface area contributed by atoms with Crippen LogP contribution in [0.2, 0.25) is 0 Å². The van der Waals surface area contributed by atoms with E-state index in [1.807, 2.05) is 18.2 Å². The molecule has 1 aliphatic rings. The molecule has 1 amide bonds. The van der Waals surface area contributed by atoms with Gasteiger partial charge in [0.15, 0.2) is 11.5 Å². The van der Waals surface area contributed by atoms with E-state index in [-0.39, 0.29) is 5.91 Å². The van der Waals surface area contributed by atoms with Crippen LogP contribution in [0.3, 0.4) is 0 Å². The number of thiocarbonyl (C=S) groups is 1. The number of nitrogens with zero attached hydrogens (tertiary/aromatic N) is 1. The molecule has 0 aromatic heterocycles. The van der Waals surface area contributed by atoms with E-state index >= 15 is 0 Å². The number of ether oxygens (including phenoxy) is 2. The minimum atomic E-state index is -0.0420. The van der Waals surface area contributed by atoms with Crippen LogP contribution in [0.1, 0.15) is 19.4 Å². The fourth-order valence-electron chi connectivity index (χ4n) is 2.20. The highest BCUT2D eigenvalue weighted by atomic mass is 79.9. The van der Waals surface area contributed by atoms with Gasteiger partial charge >= 0.3 is 0 Å². The molecule has 2 rings (SSSR count). The SMILES string of the molecule is COc1cc(/C=C2\SC(=S)N(CC(C)C)C2=O)cc(Br)c1OC. The Hall–Kier alpha value is -1.05. The van der Waals surface area contributed by atoms with E-state index in [0.717, 1.165) is 10.0 Å². The number of carbonyl (C=O) groups excluding carboxylic acids is 1. The van der Waals surface area contributed by atoms with Gasteiger partial charge in [0, 0.05) is 6.54 Å². The topological polar surface area (TPSA) is 38.8 Å². The normalized spacial score (nSPS) is 16.6. The average molecular weight is 416 g/mol. The lowest BCUT2D eigenvalue weighted by Gasteiger charge is -2.16. The minimum Gasteiger partial charge on any atom is -0.493 e. The van der Waals surface area contributed by atoms with Gasteiger partial charge in [-0.1, -0.05) is 37.8 Å². The first kappa shape index (κ1) is 18.3. The second kappa shape index (κ2) is 7.68. The van der Waals surface area contributed by atoms with Gasteiger partial charge in [-0.25, -0.2) is 0 Å². The van der Waals surface area contributed by atoms with Crippen LogP contribution in [0.4, 0.5) is 0 Å². The molecule has 1 aromatic carbocycles. The second-order valence-electron chi connectivity index (χ2n) is 5.42. The predicted octanol–water partition coefficient (Wildman–Crippen LogP) is 4.32. The Labute approximate surface area is 154 Å². The van der Waals surface area contributed by atoms with Crippen LogP contribution in [0.25, 0.3) is 6.08 Å². The summed E-state index contributed by atoms with van der Waals surface area (Å²) >= 11 is 10.1. The van der Waals surface area contributed by atoms with Crippen molar-refractivity contribution in [2.24, 2.45) is 5.92 Å². The maximum absolute atomic E-state index is 12.5. The molecule has 0 spiro atoms. The van der Waals surface area contributed by atoms with Gasteiger partial charge in [0.2, 0.25) is 0 Å². The molecule has 1 heterocycles. The number of carbonyl (C=O) groups is 1. The van der Waals surface area contributed by atoms with E-state index < -0.39 is 0 Å². The van der Waals surface area contributed by atoms with Crippen LogP contribution < -0.4 is 9.47 Å². The lowest BCUT2D eigenvalue weighted by atomic mass is 10.1. The number of amides is 1. The van der Waals surface area contributed by atoms with Gasteiger partial charge in [0.1, 0.15) is 4.32 Å². The molecule has 0 aliphatic carbocycles. The highest BCUT2D eigenvalue weighted by molar-refractivity contribution is 9.10. The van der Waals surface area contributed by atoms with Crippen molar-refractivity contribution in [1.82, 2.24) is 4.90 Å². The molecule has 0 N–H and O–H groups in total. The molecule has 0 saturated carbocycles. The van der Waals surface area contributed by atoms with Crippen LogP contribution >= 0.6 is 39.9 Å². The average Bonchev–Trinajstić information content (AvgIpc) is 2.73. The molecule has 1 saturated heterocycles. The van der Waals surface area contributed by atoms with Crippen LogP contribution in [-0.2, 0) is 4.79 Å². The number of hydrogen-bond acceptors (Lipinski definition) is 5. The maximum Gasteiger partial charge on any atom is 0.266 e. The van der Waals surface area contributed by atoms with E-state index in [2.05, 4.69) is 29.8 Å². The van der Waals surface area contributed by atoms with Gasteiger partial charge in [0.05, 0.1) is 23.6 Å². The zero-order valence-corrected chi connectivity index (χ0v) is 16.6. The molecule has 0 atom stereocenters. The van der Waals surface area contributed by atoms with Crippen molar-refractivity contribution in [1.29, 1.82) is 0 Å². The summed E-state index contributed by atoms with van der Waals surface area (Å²) in [6.07, 6.45) is 1.83. The third kappa shape index (κ3) is 4.08. The summed E-state index contributed by atoms with van der Waals surface area (Å²) in [5, 5.41) is 0. The minimum absolute atomic E-state index is 0.0420. The van der Waals surface area contributed by atoms with Gasteiger partial charge in [-0.05, 0) is 45.6 Å². The third-order valence-corrected chi connectivity index (χ3v) is 5.14. The largest absolute Gasteiger partial charge is 0.493 e. The Balaban J connectivity index is 2.34. The third-order valence-electron chi connectivity index (χ3n) is 3.17. The maximum atomic E-state index is 12.5. The van der Waals surface area contributed by atoms with Crippen LogP contribution in [0.15, 0.2) is 21.5 Å². The summed E-state index contributed by atoms with van der Waals surface area (Å²) in [7, 11) is 3.16. The number of hydrogen-bond donors (Lipinski definition) is 0. The Morgan fingerprint density at radius 1 is 1.35 bits per heavy atom. The number of benzene rings is 1. The van der Waals surface area contributed by atoms with Crippen molar-refractivity contribution in [3.05, 3.63) is 27.1 Å². The first-order valence-electron chi connectivity index (χ1n) is 7.04. The molecule has 124 valence electrons. The summed E-state index contributed by atoms with van der Waals surface area (Å²) in [5.74, 6) is 1.55. The zero-order chi connectivity index (χ0) is 17.1. The molecule has 0 radical (unpaired) electrons. The summed E-state index contributed by atoms with van der Waals surface area (Å²) in [5.41, 5.74) is 0.847. The molecule has 1 aliphatic heterocycles. The number of rotatable bonds is 5. The highest BCUT2D eigenvalue weighted by Crippen LogP contribution is 2.38. The molecule has 23 heavy (non-hydrogen) atoms. The number of methoxy groups -OCH3 is 2. The molecule has 0 unspecified atom stereocenters. The lowest BCUT2D eigenvalue weighted by Crippen LogP contribution is -2.31. The van der Waals surface area contributed by atoms with Crippen molar-refractivity contribution in [3.63, 3.8) is 0 Å². The molecular formula is C16H18BrNO3S2. The highest BCUT2D eigenvalue weighted by Gasteiger charge is 2.32. The smallest absolute Gasteiger partial charge is 0.266 e. The van der Waals surface area contributed by atoms with Gasteiger partial charge < -0.3 is 9.47 Å². The van der Waals surface area contributed by atoms with Crippen molar-refractivity contribution in [3.8, 4) is 11.5 Å². The van der Waals surface area contributed by atoms with Crippen LogP contribution in [0, 0.1) is 5.92 Å². The first-order chi connectivity index (χ1) is 10.9. The quantitative estimate of drug-likeness (QED) is 0.528. The summed E-state index contributed by atoms with van der Waals surface area (Å²) in [6, 6.07) is 3.72. The van der Waals surface area contributed by atoms with Crippen molar-refractivity contribution < 1.29 is 14.3 Å². The fourth-order valence-corrected chi connectivity index (χ4v) is 4.09. The standard InChI is InChI=1S/C16H18BrNO3S2/c1-9(2)8-18-15(19)13(23-16(18)22)7-10-5-11(17)14(21-4)12(6-10)20-3/h5-7,9H,8H2,1-4H3/b13-7-. The summed E-state index contributed by atoms with van der Waals surface area (Å²) < 4.78 is 12.0. The second-order valence-corrected chi connectivity index (χ2v) is 7.95. The van der Waals surface area contributed by atoms with E-state index in [4.69, 9.17) is 21.7 Å². The van der Waals surface area contributed by atoms with Crippen LogP contribution in [-0.4, -0.2) is 35.9 Å². The Morgan fingerprint density at radius 3 is 2.61 bits per heavy atom. The predicted molar refractivity (Wildman–Crippen MR) is 102 cm³/mol.